The van der Waals surface area contributed by atoms with Crippen molar-refractivity contribution in [3.05, 3.63) is 28.8 Å². The molecule has 1 aromatic rings. The molecular formula is C8H8ClFO2S. The Hall–Kier alpha value is -0.610. The number of halogens is 2. The van der Waals surface area contributed by atoms with E-state index in [0.717, 1.165) is 0 Å². The van der Waals surface area contributed by atoms with Gasteiger partial charge in [-0.2, -0.15) is 8.42 Å². The van der Waals surface area contributed by atoms with Crippen LogP contribution in [-0.2, 0) is 16.6 Å². The Labute approximate surface area is 81.6 Å². The summed E-state index contributed by atoms with van der Waals surface area (Å²) in [4.78, 5) is -0.292. The zero-order valence-electron chi connectivity index (χ0n) is 6.92. The molecule has 0 aliphatic rings. The molecule has 0 N–H and O–H groups in total. The molecule has 0 aliphatic heterocycles. The molecule has 5 heteroatoms. The lowest BCUT2D eigenvalue weighted by molar-refractivity contribution is 0.551. The van der Waals surface area contributed by atoms with Crippen LogP contribution in [-0.4, -0.2) is 8.42 Å². The van der Waals surface area contributed by atoms with E-state index in [4.69, 9.17) is 11.6 Å². The second kappa shape index (κ2) is 3.64. The lowest BCUT2D eigenvalue weighted by Gasteiger charge is -2.02. The van der Waals surface area contributed by atoms with Crippen molar-refractivity contribution in [1.29, 1.82) is 0 Å². The normalized spacial score (nSPS) is 11.6. The van der Waals surface area contributed by atoms with Crippen LogP contribution in [0.2, 0.25) is 5.02 Å². The van der Waals surface area contributed by atoms with Gasteiger partial charge < -0.3 is 0 Å². The third-order valence-corrected chi connectivity index (χ3v) is 2.82. The summed E-state index contributed by atoms with van der Waals surface area (Å²) in [5.74, 6) is 0. The summed E-state index contributed by atoms with van der Waals surface area (Å²) < 4.78 is 33.9. The van der Waals surface area contributed by atoms with Crippen LogP contribution < -0.4 is 0 Å². The molecule has 0 saturated carbocycles. The minimum Gasteiger partial charge on any atom is -0.189 e. The standard InChI is InChI=1S/C8H8ClFO2S/c1-2-6-5-7(9)3-4-8(6)13(10,11)12/h3-5H,2H2,1H3. The fraction of sp³-hybridized carbons (Fsp3) is 0.250. The zero-order chi connectivity index (χ0) is 10.1. The van der Waals surface area contributed by atoms with Crippen LogP contribution in [0.25, 0.3) is 0 Å². The quantitative estimate of drug-likeness (QED) is 0.721. The second-order valence-corrected chi connectivity index (χ2v) is 4.30. The van der Waals surface area contributed by atoms with E-state index < -0.39 is 10.2 Å². The molecule has 72 valence electrons. The first-order valence-electron chi connectivity index (χ1n) is 3.68. The van der Waals surface area contributed by atoms with Crippen LogP contribution in [0.4, 0.5) is 3.89 Å². The van der Waals surface area contributed by atoms with Gasteiger partial charge in [0.05, 0.1) is 0 Å². The minimum atomic E-state index is -4.62. The van der Waals surface area contributed by atoms with Crippen LogP contribution in [0.1, 0.15) is 12.5 Å². The van der Waals surface area contributed by atoms with Crippen LogP contribution in [0.5, 0.6) is 0 Å². The first-order chi connectivity index (χ1) is 5.95. The van der Waals surface area contributed by atoms with Crippen LogP contribution in [0.15, 0.2) is 23.1 Å². The summed E-state index contributed by atoms with van der Waals surface area (Å²) in [6.45, 7) is 1.74. The maximum atomic E-state index is 12.6. The van der Waals surface area contributed by atoms with E-state index in [9.17, 15) is 12.3 Å². The van der Waals surface area contributed by atoms with E-state index >= 15 is 0 Å². The molecule has 0 unspecified atom stereocenters. The zero-order valence-corrected chi connectivity index (χ0v) is 8.49. The fourth-order valence-corrected chi connectivity index (χ4v) is 2.00. The van der Waals surface area contributed by atoms with Crippen LogP contribution in [0, 0.1) is 0 Å². The molecule has 0 spiro atoms. The summed E-state index contributed by atoms with van der Waals surface area (Å²) in [7, 11) is -4.62. The molecule has 0 heterocycles. The van der Waals surface area contributed by atoms with E-state index in [-0.39, 0.29) is 4.90 Å². The molecule has 0 radical (unpaired) electrons. The van der Waals surface area contributed by atoms with Crippen LogP contribution >= 0.6 is 11.6 Å². The Morgan fingerprint density at radius 3 is 2.54 bits per heavy atom. The van der Waals surface area contributed by atoms with Gasteiger partial charge in [0.15, 0.2) is 0 Å². The smallest absolute Gasteiger partial charge is 0.189 e. The summed E-state index contributed by atoms with van der Waals surface area (Å²) in [6, 6.07) is 3.98. The number of hydrogen-bond acceptors (Lipinski definition) is 2. The Morgan fingerprint density at radius 1 is 1.46 bits per heavy atom. The molecule has 1 aromatic carbocycles. The molecule has 1 rings (SSSR count). The molecule has 0 atom stereocenters. The van der Waals surface area contributed by atoms with Gasteiger partial charge in [0, 0.05) is 5.02 Å². The lowest BCUT2D eigenvalue weighted by atomic mass is 10.2. The van der Waals surface area contributed by atoms with Gasteiger partial charge in [-0.25, -0.2) is 0 Å². The maximum absolute atomic E-state index is 12.6. The van der Waals surface area contributed by atoms with E-state index in [2.05, 4.69) is 0 Å². The molecule has 2 nitrogen and oxygen atoms in total. The maximum Gasteiger partial charge on any atom is 0.332 e. The molecule has 13 heavy (non-hydrogen) atoms. The topological polar surface area (TPSA) is 34.1 Å². The van der Waals surface area contributed by atoms with E-state index in [1.165, 1.54) is 18.2 Å². The third kappa shape index (κ3) is 2.42. The highest BCUT2D eigenvalue weighted by Crippen LogP contribution is 2.22. The first kappa shape index (κ1) is 10.5. The number of benzene rings is 1. The van der Waals surface area contributed by atoms with Gasteiger partial charge in [-0.15, -0.1) is 3.89 Å². The summed E-state index contributed by atoms with van der Waals surface area (Å²) >= 11 is 5.63. The lowest BCUT2D eigenvalue weighted by Crippen LogP contribution is -1.97. The Balaban J connectivity index is 3.39. The SMILES string of the molecule is CCc1cc(Cl)ccc1S(=O)(=O)F. The monoisotopic (exact) mass is 222 g/mol. The molecule has 0 aromatic heterocycles. The third-order valence-electron chi connectivity index (χ3n) is 1.67. The largest absolute Gasteiger partial charge is 0.332 e. The minimum absolute atomic E-state index is 0.292. The highest BCUT2D eigenvalue weighted by Gasteiger charge is 2.15. The average Bonchev–Trinajstić information content (AvgIpc) is 2.01. The van der Waals surface area contributed by atoms with Crippen molar-refractivity contribution in [1.82, 2.24) is 0 Å². The molecule has 0 fully saturated rings. The van der Waals surface area contributed by atoms with Crippen molar-refractivity contribution in [2.24, 2.45) is 0 Å². The van der Waals surface area contributed by atoms with E-state index in [1.807, 2.05) is 0 Å². The predicted octanol–water partition coefficient (Wildman–Crippen LogP) is 2.56. The predicted molar refractivity (Wildman–Crippen MR) is 49.1 cm³/mol. The molecular weight excluding hydrogens is 215 g/mol. The number of rotatable bonds is 2. The molecule has 0 aliphatic carbocycles. The highest BCUT2D eigenvalue weighted by atomic mass is 35.5. The number of aryl methyl sites for hydroxylation is 1. The van der Waals surface area contributed by atoms with Crippen LogP contribution in [0.3, 0.4) is 0 Å². The van der Waals surface area contributed by atoms with Gasteiger partial charge in [-0.05, 0) is 30.2 Å². The van der Waals surface area contributed by atoms with E-state index in [0.29, 0.717) is 17.0 Å². The van der Waals surface area contributed by atoms with Crippen molar-refractivity contribution in [3.8, 4) is 0 Å². The molecule has 0 bridgehead atoms. The second-order valence-electron chi connectivity index (χ2n) is 2.54. The summed E-state index contributed by atoms with van der Waals surface area (Å²) in [5, 5.41) is 0.407. The molecule has 0 amide bonds. The van der Waals surface area contributed by atoms with Gasteiger partial charge in [0.1, 0.15) is 4.90 Å². The van der Waals surface area contributed by atoms with Crippen molar-refractivity contribution in [3.63, 3.8) is 0 Å². The van der Waals surface area contributed by atoms with Gasteiger partial charge in [0.25, 0.3) is 0 Å². The van der Waals surface area contributed by atoms with Crippen molar-refractivity contribution in [2.75, 3.05) is 0 Å². The number of hydrogen-bond donors (Lipinski definition) is 0. The summed E-state index contributed by atoms with van der Waals surface area (Å²) in [5.41, 5.74) is 0.398. The Morgan fingerprint density at radius 2 is 2.08 bits per heavy atom. The van der Waals surface area contributed by atoms with Crippen molar-refractivity contribution < 1.29 is 12.3 Å². The fourth-order valence-electron chi connectivity index (χ4n) is 1.06. The Kier molecular flexibility index (Phi) is 2.93. The molecule has 0 saturated heterocycles. The van der Waals surface area contributed by atoms with Crippen molar-refractivity contribution in [2.45, 2.75) is 18.2 Å². The van der Waals surface area contributed by atoms with Gasteiger partial charge >= 0.3 is 10.2 Å². The summed E-state index contributed by atoms with van der Waals surface area (Å²) in [6.07, 6.45) is 0.430. The van der Waals surface area contributed by atoms with Gasteiger partial charge in [-0.1, -0.05) is 18.5 Å². The van der Waals surface area contributed by atoms with Crippen molar-refractivity contribution >= 4 is 21.8 Å². The Bertz CT molecular complexity index is 414. The highest BCUT2D eigenvalue weighted by molar-refractivity contribution is 7.86. The van der Waals surface area contributed by atoms with E-state index in [1.54, 1.807) is 6.92 Å². The van der Waals surface area contributed by atoms with Gasteiger partial charge in [0.2, 0.25) is 0 Å². The average molecular weight is 223 g/mol. The van der Waals surface area contributed by atoms with Gasteiger partial charge in [-0.3, -0.25) is 0 Å². The first-order valence-corrected chi connectivity index (χ1v) is 5.44.